The van der Waals surface area contributed by atoms with Gasteiger partial charge in [-0.25, -0.2) is 0 Å². The van der Waals surface area contributed by atoms with Crippen LogP contribution in [0.4, 0.5) is 22.7 Å². The number of nitrogens with zero attached hydrogens (tertiary/aromatic N) is 1. The average molecular weight is 617 g/mol. The number of rotatable bonds is 7. The number of hydrogen-bond acceptors (Lipinski definition) is 7. The Balaban J connectivity index is 0.000000182. The zero-order valence-corrected chi connectivity index (χ0v) is 24.7. The number of carbonyl (C=O) groups excluding carboxylic acids is 4. The minimum atomic E-state index is -0.517. The molecule has 0 aliphatic carbocycles. The molecule has 0 unspecified atom stereocenters. The highest BCUT2D eigenvalue weighted by Crippen LogP contribution is 2.33. The Labute approximate surface area is 261 Å². The van der Waals surface area contributed by atoms with Crippen molar-refractivity contribution in [3.63, 3.8) is 0 Å². The first-order valence-electron chi connectivity index (χ1n) is 14.0. The number of amides is 2. The van der Waals surface area contributed by atoms with Crippen molar-refractivity contribution < 1.29 is 24.1 Å². The minimum Gasteiger partial charge on any atom is -0.399 e. The van der Waals surface area contributed by atoms with Gasteiger partial charge in [0.15, 0.2) is 0 Å². The molecule has 2 aromatic heterocycles. The van der Waals surface area contributed by atoms with E-state index in [2.05, 4.69) is 20.6 Å². The molecule has 4 aromatic carbocycles. The van der Waals surface area contributed by atoms with Crippen molar-refractivity contribution in [2.24, 2.45) is 0 Å². The molecule has 2 amide bonds. The van der Waals surface area contributed by atoms with Crippen molar-refractivity contribution in [1.29, 1.82) is 0 Å². The average Bonchev–Trinajstić information content (AvgIpc) is 3.58. The maximum absolute atomic E-state index is 12.7. The number of nitrogens with two attached hydrogens (primary N) is 1. The third-order valence-electron chi connectivity index (χ3n) is 6.94. The number of nitrogens with one attached hydrogen (secondary N) is 4. The number of H-pyrrole nitrogens is 2. The number of carbonyl (C=O) groups is 4. The van der Waals surface area contributed by atoms with E-state index >= 15 is 0 Å². The number of non-ortho nitro benzene ring substituents is 1. The monoisotopic (exact) mass is 616 g/mol. The van der Waals surface area contributed by atoms with Gasteiger partial charge in [-0.3, -0.25) is 29.3 Å². The van der Waals surface area contributed by atoms with Crippen molar-refractivity contribution in [2.45, 2.75) is 13.8 Å². The van der Waals surface area contributed by atoms with Crippen LogP contribution in [0.25, 0.3) is 21.8 Å². The maximum Gasteiger partial charge on any atom is 0.271 e. The first-order chi connectivity index (χ1) is 22.0. The fourth-order valence-corrected chi connectivity index (χ4v) is 4.93. The molecular weight excluding hydrogens is 588 g/mol. The Hall–Kier alpha value is -6.56. The zero-order valence-electron chi connectivity index (χ0n) is 24.7. The third-order valence-corrected chi connectivity index (χ3v) is 6.94. The topological polar surface area (TPSA) is 193 Å². The Kier molecular flexibility index (Phi) is 8.71. The summed E-state index contributed by atoms with van der Waals surface area (Å²) in [5.74, 6) is -1.06. The van der Waals surface area contributed by atoms with Crippen LogP contribution in [0, 0.1) is 10.1 Å². The molecule has 0 fully saturated rings. The highest BCUT2D eigenvalue weighted by molar-refractivity contribution is 6.19. The van der Waals surface area contributed by atoms with Crippen LogP contribution in [0.1, 0.15) is 46.0 Å². The van der Waals surface area contributed by atoms with Gasteiger partial charge in [0.25, 0.3) is 5.69 Å². The molecule has 12 heteroatoms. The summed E-state index contributed by atoms with van der Waals surface area (Å²) in [6, 6.07) is 26.9. The van der Waals surface area contributed by atoms with Crippen LogP contribution in [-0.4, -0.2) is 38.3 Å². The fraction of sp³-hybridized carbons (Fsp3) is 0.0588. The summed E-state index contributed by atoms with van der Waals surface area (Å²) in [5.41, 5.74) is 9.72. The molecule has 6 N–H and O–H groups in total. The molecule has 6 aromatic rings. The van der Waals surface area contributed by atoms with Gasteiger partial charge in [0.2, 0.25) is 23.4 Å². The molecule has 0 saturated heterocycles. The minimum absolute atomic E-state index is 0.100. The number of benzene rings is 4. The predicted octanol–water partition coefficient (Wildman–Crippen LogP) is 6.21. The van der Waals surface area contributed by atoms with E-state index in [1.807, 2.05) is 6.07 Å². The Morgan fingerprint density at radius 3 is 1.52 bits per heavy atom. The smallest absolute Gasteiger partial charge is 0.271 e. The normalized spacial score (nSPS) is 10.6. The number of ketones is 2. The molecule has 230 valence electrons. The maximum atomic E-state index is 12.7. The standard InChI is InChI=1S/C17H13N3O4.C17H15N3O2/c1-10(21)18-15-13-8-7-12(20(23)24)9-14(13)19-16(15)17(22)11-5-3-2-4-6-11;1-10(21)19-15-13-8-7-12(18)9-14(13)20-16(15)17(22)11-5-3-2-4-6-11/h2-9,19H,1H3,(H,18,21);2-9,20H,18H2,1H3,(H,19,21). The second-order valence-electron chi connectivity index (χ2n) is 10.3. The van der Waals surface area contributed by atoms with Gasteiger partial charge in [-0.15, -0.1) is 0 Å². The first-order valence-corrected chi connectivity index (χ1v) is 14.0. The molecule has 46 heavy (non-hydrogen) atoms. The van der Waals surface area contributed by atoms with Crippen molar-refractivity contribution in [3.05, 3.63) is 130 Å². The van der Waals surface area contributed by atoms with Crippen LogP contribution in [0.2, 0.25) is 0 Å². The van der Waals surface area contributed by atoms with E-state index in [0.717, 1.165) is 5.39 Å². The number of anilines is 3. The van der Waals surface area contributed by atoms with Gasteiger partial charge in [-0.1, -0.05) is 60.7 Å². The van der Waals surface area contributed by atoms with Crippen molar-refractivity contribution >= 4 is 67.9 Å². The Morgan fingerprint density at radius 1 is 0.652 bits per heavy atom. The molecule has 2 heterocycles. The molecule has 0 aliphatic heterocycles. The van der Waals surface area contributed by atoms with E-state index < -0.39 is 4.92 Å². The number of nitrogen functional groups attached to an aromatic ring is 1. The molecule has 12 nitrogen and oxygen atoms in total. The number of nitro groups is 1. The van der Waals surface area contributed by atoms with E-state index in [9.17, 15) is 29.3 Å². The van der Waals surface area contributed by atoms with E-state index in [-0.39, 0.29) is 34.8 Å². The lowest BCUT2D eigenvalue weighted by Crippen LogP contribution is -2.11. The molecule has 0 atom stereocenters. The van der Waals surface area contributed by atoms with E-state index in [1.165, 1.54) is 32.0 Å². The summed E-state index contributed by atoms with van der Waals surface area (Å²) in [6.07, 6.45) is 0. The number of hydrogen-bond donors (Lipinski definition) is 5. The number of aromatic nitrogens is 2. The van der Waals surface area contributed by atoms with Gasteiger partial charge in [0.05, 0.1) is 27.3 Å². The zero-order chi connectivity index (χ0) is 33.0. The van der Waals surface area contributed by atoms with Gasteiger partial charge >= 0.3 is 0 Å². The highest BCUT2D eigenvalue weighted by atomic mass is 16.6. The van der Waals surface area contributed by atoms with Gasteiger partial charge in [0, 0.05) is 53.6 Å². The first kappa shape index (κ1) is 30.9. The van der Waals surface area contributed by atoms with Crippen LogP contribution in [0.5, 0.6) is 0 Å². The SMILES string of the molecule is CC(=O)Nc1c(C(=O)c2ccccc2)[nH]c2cc(N)ccc12.CC(=O)Nc1c(C(=O)c2ccccc2)[nH]c2cc([N+](=O)[O-])ccc12. The molecule has 6 rings (SSSR count). The van der Waals surface area contributed by atoms with Gasteiger partial charge in [-0.2, -0.15) is 0 Å². The second kappa shape index (κ2) is 13.0. The molecular formula is C34H28N6O6. The van der Waals surface area contributed by atoms with Crippen LogP contribution < -0.4 is 16.4 Å². The molecule has 0 radical (unpaired) electrons. The van der Waals surface area contributed by atoms with Gasteiger partial charge in [0.1, 0.15) is 11.4 Å². The van der Waals surface area contributed by atoms with Crippen molar-refractivity contribution in [1.82, 2.24) is 9.97 Å². The van der Waals surface area contributed by atoms with Gasteiger partial charge < -0.3 is 26.3 Å². The van der Waals surface area contributed by atoms with Crippen molar-refractivity contribution in [2.75, 3.05) is 16.4 Å². The largest absolute Gasteiger partial charge is 0.399 e. The number of fused-ring (bicyclic) bond motifs is 2. The van der Waals surface area contributed by atoms with E-state index in [0.29, 0.717) is 50.3 Å². The molecule has 0 bridgehead atoms. The van der Waals surface area contributed by atoms with E-state index in [4.69, 9.17) is 5.73 Å². The number of nitro benzene ring substituents is 1. The van der Waals surface area contributed by atoms with Crippen LogP contribution in [0.3, 0.4) is 0 Å². The van der Waals surface area contributed by atoms with Crippen LogP contribution in [0.15, 0.2) is 97.1 Å². The third kappa shape index (κ3) is 6.50. The Morgan fingerprint density at radius 2 is 1.09 bits per heavy atom. The molecule has 0 spiro atoms. The van der Waals surface area contributed by atoms with Crippen LogP contribution >= 0.6 is 0 Å². The summed E-state index contributed by atoms with van der Waals surface area (Å²) in [6.45, 7) is 2.74. The highest BCUT2D eigenvalue weighted by Gasteiger charge is 2.22. The number of aromatic amines is 2. The summed E-state index contributed by atoms with van der Waals surface area (Å²) in [5, 5.41) is 17.6. The summed E-state index contributed by atoms with van der Waals surface area (Å²) >= 11 is 0. The summed E-state index contributed by atoms with van der Waals surface area (Å²) in [7, 11) is 0. The van der Waals surface area contributed by atoms with Gasteiger partial charge in [-0.05, 0) is 24.3 Å². The Bertz CT molecular complexity index is 2130. The molecule has 0 saturated carbocycles. The predicted molar refractivity (Wildman–Crippen MR) is 176 cm³/mol. The quantitative estimate of drug-likeness (QED) is 0.0609. The fourth-order valence-electron chi connectivity index (χ4n) is 4.93. The van der Waals surface area contributed by atoms with Crippen molar-refractivity contribution in [3.8, 4) is 0 Å². The lowest BCUT2D eigenvalue weighted by Gasteiger charge is -2.05. The molecule has 0 aliphatic rings. The lowest BCUT2D eigenvalue weighted by atomic mass is 10.1. The lowest BCUT2D eigenvalue weighted by molar-refractivity contribution is -0.384. The van der Waals surface area contributed by atoms with E-state index in [1.54, 1.807) is 72.8 Å². The van der Waals surface area contributed by atoms with Crippen LogP contribution in [-0.2, 0) is 9.59 Å². The second-order valence-corrected chi connectivity index (χ2v) is 10.3. The summed E-state index contributed by atoms with van der Waals surface area (Å²) < 4.78 is 0. The summed E-state index contributed by atoms with van der Waals surface area (Å²) in [4.78, 5) is 64.7.